The second-order valence-corrected chi connectivity index (χ2v) is 2.77. The summed E-state index contributed by atoms with van der Waals surface area (Å²) in [7, 11) is 0. The van der Waals surface area contributed by atoms with Crippen LogP contribution in [-0.2, 0) is 6.54 Å². The van der Waals surface area contributed by atoms with Crippen LogP contribution in [0, 0.1) is 0 Å². The van der Waals surface area contributed by atoms with E-state index in [4.69, 9.17) is 11.6 Å². The summed E-state index contributed by atoms with van der Waals surface area (Å²) in [5.41, 5.74) is 3.56. The van der Waals surface area contributed by atoms with Crippen molar-refractivity contribution in [2.45, 2.75) is 13.5 Å². The van der Waals surface area contributed by atoms with E-state index >= 15 is 0 Å². The molecule has 66 valence electrons. The van der Waals surface area contributed by atoms with Crippen molar-refractivity contribution in [3.8, 4) is 0 Å². The standard InChI is InChI=1S/C8H11ClN2O/c1-7(4-9)5-10-6-8-2-3-12-11-8/h2-4,10H,5-6H2,1H3/b7-4-. The van der Waals surface area contributed by atoms with E-state index in [0.29, 0.717) is 6.54 Å². The third kappa shape index (κ3) is 3.07. The van der Waals surface area contributed by atoms with Crippen molar-refractivity contribution < 1.29 is 4.52 Å². The lowest BCUT2D eigenvalue weighted by atomic mass is 10.3. The second kappa shape index (κ2) is 4.95. The monoisotopic (exact) mass is 186 g/mol. The van der Waals surface area contributed by atoms with Gasteiger partial charge in [0.1, 0.15) is 6.26 Å². The second-order valence-electron chi connectivity index (χ2n) is 2.55. The first-order valence-corrected chi connectivity index (χ1v) is 4.12. The van der Waals surface area contributed by atoms with Gasteiger partial charge in [-0.15, -0.1) is 0 Å². The summed E-state index contributed by atoms with van der Waals surface area (Å²) in [6.45, 7) is 3.44. The Morgan fingerprint density at radius 3 is 3.25 bits per heavy atom. The van der Waals surface area contributed by atoms with Crippen LogP contribution in [0.25, 0.3) is 0 Å². The summed E-state index contributed by atoms with van der Waals surface area (Å²) in [5, 5.41) is 6.91. The molecule has 4 heteroatoms. The fourth-order valence-electron chi connectivity index (χ4n) is 0.755. The van der Waals surface area contributed by atoms with E-state index in [1.54, 1.807) is 11.8 Å². The minimum atomic E-state index is 0.707. The third-order valence-electron chi connectivity index (χ3n) is 1.39. The number of hydrogen-bond donors (Lipinski definition) is 1. The zero-order valence-electron chi connectivity index (χ0n) is 6.88. The number of halogens is 1. The summed E-state index contributed by atoms with van der Waals surface area (Å²) in [4.78, 5) is 0. The Morgan fingerprint density at radius 2 is 2.67 bits per heavy atom. The predicted molar refractivity (Wildman–Crippen MR) is 47.8 cm³/mol. The predicted octanol–water partition coefficient (Wildman–Crippen LogP) is 1.91. The van der Waals surface area contributed by atoms with Crippen molar-refractivity contribution in [1.82, 2.24) is 10.5 Å². The molecule has 1 N–H and O–H groups in total. The molecule has 0 aromatic carbocycles. The van der Waals surface area contributed by atoms with E-state index in [2.05, 4.69) is 15.0 Å². The molecule has 1 rings (SSSR count). The molecule has 0 saturated carbocycles. The SMILES string of the molecule is C/C(=C/Cl)CNCc1ccon1. The molecule has 0 spiro atoms. The van der Waals surface area contributed by atoms with Crippen LogP contribution in [0.4, 0.5) is 0 Å². The zero-order valence-corrected chi connectivity index (χ0v) is 7.64. The molecule has 12 heavy (non-hydrogen) atoms. The lowest BCUT2D eigenvalue weighted by molar-refractivity contribution is 0.409. The van der Waals surface area contributed by atoms with Crippen LogP contribution in [-0.4, -0.2) is 11.7 Å². The van der Waals surface area contributed by atoms with E-state index in [1.165, 1.54) is 0 Å². The molecule has 1 heterocycles. The highest BCUT2D eigenvalue weighted by Crippen LogP contribution is 1.95. The maximum Gasteiger partial charge on any atom is 0.124 e. The van der Waals surface area contributed by atoms with Crippen molar-refractivity contribution >= 4 is 11.6 Å². The summed E-state index contributed by atoms with van der Waals surface area (Å²) >= 11 is 5.48. The van der Waals surface area contributed by atoms with Crippen molar-refractivity contribution in [3.05, 3.63) is 29.1 Å². The number of nitrogens with one attached hydrogen (secondary N) is 1. The van der Waals surface area contributed by atoms with Crippen LogP contribution in [0.5, 0.6) is 0 Å². The highest BCUT2D eigenvalue weighted by molar-refractivity contribution is 6.25. The van der Waals surface area contributed by atoms with Crippen molar-refractivity contribution in [1.29, 1.82) is 0 Å². The van der Waals surface area contributed by atoms with Crippen molar-refractivity contribution in [2.75, 3.05) is 6.54 Å². The summed E-state index contributed by atoms with van der Waals surface area (Å²) in [6, 6.07) is 1.83. The van der Waals surface area contributed by atoms with E-state index in [1.807, 2.05) is 13.0 Å². The number of nitrogens with zero attached hydrogens (tertiary/aromatic N) is 1. The Bertz CT molecular complexity index is 244. The maximum absolute atomic E-state index is 5.48. The van der Waals surface area contributed by atoms with Gasteiger partial charge in [0.25, 0.3) is 0 Å². The summed E-state index contributed by atoms with van der Waals surface area (Å²) < 4.78 is 4.67. The van der Waals surface area contributed by atoms with Gasteiger partial charge >= 0.3 is 0 Å². The largest absolute Gasteiger partial charge is 0.364 e. The molecule has 0 aliphatic rings. The lowest BCUT2D eigenvalue weighted by Gasteiger charge is -2.00. The molecule has 0 fully saturated rings. The first-order valence-electron chi connectivity index (χ1n) is 3.68. The minimum Gasteiger partial charge on any atom is -0.364 e. The number of hydrogen-bond acceptors (Lipinski definition) is 3. The molecule has 0 aliphatic carbocycles. The fourth-order valence-corrected chi connectivity index (χ4v) is 0.832. The van der Waals surface area contributed by atoms with Crippen LogP contribution in [0.15, 0.2) is 28.0 Å². The average molecular weight is 187 g/mol. The van der Waals surface area contributed by atoms with E-state index in [0.717, 1.165) is 17.8 Å². The molecule has 1 aromatic rings. The van der Waals surface area contributed by atoms with Gasteiger partial charge in [-0.2, -0.15) is 0 Å². The summed E-state index contributed by atoms with van der Waals surface area (Å²) in [6.07, 6.45) is 1.56. The van der Waals surface area contributed by atoms with Gasteiger partial charge in [0.15, 0.2) is 0 Å². The highest BCUT2D eigenvalue weighted by Gasteiger charge is 1.94. The molecule has 0 amide bonds. The van der Waals surface area contributed by atoms with Crippen LogP contribution >= 0.6 is 11.6 Å². The topological polar surface area (TPSA) is 38.1 Å². The van der Waals surface area contributed by atoms with Gasteiger partial charge in [0.2, 0.25) is 0 Å². The van der Waals surface area contributed by atoms with Gasteiger partial charge in [0, 0.05) is 24.7 Å². The summed E-state index contributed by atoms with van der Waals surface area (Å²) in [5.74, 6) is 0. The average Bonchev–Trinajstić information content (AvgIpc) is 2.57. The van der Waals surface area contributed by atoms with Gasteiger partial charge in [-0.3, -0.25) is 0 Å². The maximum atomic E-state index is 5.48. The minimum absolute atomic E-state index is 0.707. The Hall–Kier alpha value is -0.800. The van der Waals surface area contributed by atoms with Crippen molar-refractivity contribution in [2.24, 2.45) is 0 Å². The Balaban J connectivity index is 2.19. The molecule has 0 radical (unpaired) electrons. The molecule has 0 aliphatic heterocycles. The van der Waals surface area contributed by atoms with Gasteiger partial charge in [-0.05, 0) is 12.5 Å². The van der Waals surface area contributed by atoms with Crippen LogP contribution < -0.4 is 5.32 Å². The van der Waals surface area contributed by atoms with E-state index in [9.17, 15) is 0 Å². The van der Waals surface area contributed by atoms with Crippen LogP contribution in [0.1, 0.15) is 12.6 Å². The normalized spacial score (nSPS) is 12.0. The lowest BCUT2D eigenvalue weighted by Crippen LogP contribution is -2.15. The van der Waals surface area contributed by atoms with Gasteiger partial charge in [-0.25, -0.2) is 0 Å². The van der Waals surface area contributed by atoms with Crippen LogP contribution in [0.3, 0.4) is 0 Å². The van der Waals surface area contributed by atoms with E-state index < -0.39 is 0 Å². The molecular formula is C8H11ClN2O. The van der Waals surface area contributed by atoms with Gasteiger partial charge in [-0.1, -0.05) is 16.8 Å². The Kier molecular flexibility index (Phi) is 3.84. The molecule has 3 nitrogen and oxygen atoms in total. The molecule has 0 bridgehead atoms. The Morgan fingerprint density at radius 1 is 1.83 bits per heavy atom. The quantitative estimate of drug-likeness (QED) is 0.781. The molecular weight excluding hydrogens is 176 g/mol. The van der Waals surface area contributed by atoms with Gasteiger partial charge in [0.05, 0.1) is 5.69 Å². The molecule has 0 unspecified atom stereocenters. The van der Waals surface area contributed by atoms with Crippen LogP contribution in [0.2, 0.25) is 0 Å². The fraction of sp³-hybridized carbons (Fsp3) is 0.375. The Labute approximate surface area is 76.4 Å². The number of aromatic nitrogens is 1. The van der Waals surface area contributed by atoms with E-state index in [-0.39, 0.29) is 0 Å². The first-order chi connectivity index (χ1) is 5.83. The third-order valence-corrected chi connectivity index (χ3v) is 1.76. The zero-order chi connectivity index (χ0) is 8.81. The van der Waals surface area contributed by atoms with Crippen molar-refractivity contribution in [3.63, 3.8) is 0 Å². The molecule has 0 saturated heterocycles. The molecule has 0 atom stereocenters. The first kappa shape index (κ1) is 9.29. The number of rotatable bonds is 4. The highest BCUT2D eigenvalue weighted by atomic mass is 35.5. The smallest absolute Gasteiger partial charge is 0.124 e. The van der Waals surface area contributed by atoms with Gasteiger partial charge < -0.3 is 9.84 Å². The molecule has 1 aromatic heterocycles.